The predicted octanol–water partition coefficient (Wildman–Crippen LogP) is 4.63. The van der Waals surface area contributed by atoms with Gasteiger partial charge < -0.3 is 9.30 Å². The first-order valence-electron chi connectivity index (χ1n) is 7.74. The van der Waals surface area contributed by atoms with E-state index in [9.17, 15) is 4.79 Å². The van der Waals surface area contributed by atoms with E-state index in [0.717, 1.165) is 16.6 Å². The zero-order valence-electron chi connectivity index (χ0n) is 13.2. The molecule has 1 aromatic carbocycles. The van der Waals surface area contributed by atoms with Gasteiger partial charge in [-0.05, 0) is 35.1 Å². The molecule has 0 unspecified atom stereocenters. The largest absolute Gasteiger partial charge is 0.488 e. The maximum Gasteiger partial charge on any atom is 0.254 e. The second-order valence-electron chi connectivity index (χ2n) is 5.46. The molecule has 0 radical (unpaired) electrons. The van der Waals surface area contributed by atoms with Crippen molar-refractivity contribution in [1.82, 2.24) is 4.57 Å². The van der Waals surface area contributed by atoms with Crippen LogP contribution < -0.4 is 10.3 Å². The highest BCUT2D eigenvalue weighted by Crippen LogP contribution is 2.14. The highest BCUT2D eigenvalue weighted by atomic mass is 79.9. The summed E-state index contributed by atoms with van der Waals surface area (Å²) in [4.78, 5) is 13.3. The molecule has 0 amide bonds. The molecule has 5 heteroatoms. The molecule has 0 fully saturated rings. The van der Waals surface area contributed by atoms with Crippen molar-refractivity contribution in [2.45, 2.75) is 24.9 Å². The standard InChI is InChI=1S/C19H18BrNO2S/c20-13-16-5-3-15(4-6-16)7-9-21-10-8-17(12-19(21)22)23-14-18-2-1-11-24-18/h1-6,8,10-12H,7,9,13-14H2. The van der Waals surface area contributed by atoms with Gasteiger partial charge in [-0.15, -0.1) is 11.3 Å². The molecule has 0 spiro atoms. The Kier molecular flexibility index (Phi) is 5.88. The van der Waals surface area contributed by atoms with Gasteiger partial charge in [0.05, 0.1) is 0 Å². The van der Waals surface area contributed by atoms with Gasteiger partial charge in [0.15, 0.2) is 0 Å². The maximum absolute atomic E-state index is 12.2. The minimum absolute atomic E-state index is 0.0317. The molecule has 0 saturated heterocycles. The third kappa shape index (κ3) is 4.58. The van der Waals surface area contributed by atoms with E-state index in [1.807, 2.05) is 23.6 Å². The summed E-state index contributed by atoms with van der Waals surface area (Å²) in [6, 6.07) is 15.9. The second kappa shape index (κ2) is 8.31. The molecule has 0 N–H and O–H groups in total. The zero-order chi connectivity index (χ0) is 16.8. The lowest BCUT2D eigenvalue weighted by atomic mass is 10.1. The van der Waals surface area contributed by atoms with Crippen molar-refractivity contribution in [3.8, 4) is 5.75 Å². The van der Waals surface area contributed by atoms with Crippen LogP contribution >= 0.6 is 27.3 Å². The number of aryl methyl sites for hydroxylation is 2. The summed E-state index contributed by atoms with van der Waals surface area (Å²) >= 11 is 5.09. The number of pyridine rings is 1. The lowest BCUT2D eigenvalue weighted by molar-refractivity contribution is 0.308. The van der Waals surface area contributed by atoms with Crippen LogP contribution in [0.25, 0.3) is 0 Å². The van der Waals surface area contributed by atoms with Crippen LogP contribution in [0.15, 0.2) is 64.9 Å². The number of thiophene rings is 1. The summed E-state index contributed by atoms with van der Waals surface area (Å²) in [6.07, 6.45) is 2.64. The molecule has 3 nitrogen and oxygen atoms in total. The van der Waals surface area contributed by atoms with Gasteiger partial charge in [0.25, 0.3) is 5.56 Å². The number of ether oxygens (including phenoxy) is 1. The first kappa shape index (κ1) is 17.0. The van der Waals surface area contributed by atoms with E-state index in [2.05, 4.69) is 40.2 Å². The van der Waals surface area contributed by atoms with Crippen molar-refractivity contribution < 1.29 is 4.74 Å². The number of alkyl halides is 1. The van der Waals surface area contributed by atoms with E-state index in [0.29, 0.717) is 18.9 Å². The third-order valence-electron chi connectivity index (χ3n) is 3.75. The minimum atomic E-state index is -0.0317. The van der Waals surface area contributed by atoms with Crippen LogP contribution in [-0.4, -0.2) is 4.57 Å². The van der Waals surface area contributed by atoms with Gasteiger partial charge >= 0.3 is 0 Å². The molecule has 0 atom stereocenters. The Labute approximate surface area is 153 Å². The number of hydrogen-bond donors (Lipinski definition) is 0. The van der Waals surface area contributed by atoms with Gasteiger partial charge in [-0.25, -0.2) is 0 Å². The molecular weight excluding hydrogens is 386 g/mol. The van der Waals surface area contributed by atoms with Crippen LogP contribution in [0.5, 0.6) is 5.75 Å². The quantitative estimate of drug-likeness (QED) is 0.538. The fourth-order valence-electron chi connectivity index (χ4n) is 2.36. The lowest BCUT2D eigenvalue weighted by Gasteiger charge is -2.09. The van der Waals surface area contributed by atoms with Gasteiger partial charge in [-0.2, -0.15) is 0 Å². The van der Waals surface area contributed by atoms with Crippen LogP contribution in [-0.2, 0) is 24.9 Å². The molecule has 0 aliphatic rings. The monoisotopic (exact) mass is 403 g/mol. The summed E-state index contributed by atoms with van der Waals surface area (Å²) in [6.45, 7) is 1.17. The maximum atomic E-state index is 12.2. The number of nitrogens with zero attached hydrogens (tertiary/aromatic N) is 1. The van der Waals surface area contributed by atoms with Crippen molar-refractivity contribution >= 4 is 27.3 Å². The van der Waals surface area contributed by atoms with E-state index >= 15 is 0 Å². The van der Waals surface area contributed by atoms with Crippen molar-refractivity contribution in [3.63, 3.8) is 0 Å². The van der Waals surface area contributed by atoms with Gasteiger partial charge in [0.1, 0.15) is 12.4 Å². The summed E-state index contributed by atoms with van der Waals surface area (Å²) in [7, 11) is 0. The minimum Gasteiger partial charge on any atom is -0.488 e. The normalized spacial score (nSPS) is 10.7. The van der Waals surface area contributed by atoms with Crippen molar-refractivity contribution in [1.29, 1.82) is 0 Å². The Bertz CT molecular complexity index is 825. The first-order chi connectivity index (χ1) is 11.7. The molecule has 124 valence electrons. The summed E-state index contributed by atoms with van der Waals surface area (Å²) in [5.74, 6) is 0.617. The van der Waals surface area contributed by atoms with E-state index in [1.54, 1.807) is 28.2 Å². The van der Waals surface area contributed by atoms with Gasteiger partial charge in [0.2, 0.25) is 0 Å². The smallest absolute Gasteiger partial charge is 0.254 e. The van der Waals surface area contributed by atoms with Crippen molar-refractivity contribution in [3.05, 3.63) is 86.5 Å². The van der Waals surface area contributed by atoms with Gasteiger partial charge in [0, 0.05) is 29.0 Å². The topological polar surface area (TPSA) is 31.2 Å². The van der Waals surface area contributed by atoms with Crippen LogP contribution in [0.3, 0.4) is 0 Å². The van der Waals surface area contributed by atoms with Gasteiger partial charge in [-0.3, -0.25) is 4.79 Å². The Hall–Kier alpha value is -1.85. The van der Waals surface area contributed by atoms with E-state index in [4.69, 9.17) is 4.74 Å². The SMILES string of the molecule is O=c1cc(OCc2cccs2)ccn1CCc1ccc(CBr)cc1. The van der Waals surface area contributed by atoms with Crippen LogP contribution in [0.1, 0.15) is 16.0 Å². The highest BCUT2D eigenvalue weighted by Gasteiger charge is 2.02. The molecule has 24 heavy (non-hydrogen) atoms. The Morgan fingerprint density at radius 3 is 2.54 bits per heavy atom. The summed E-state index contributed by atoms with van der Waals surface area (Å²) in [5, 5.41) is 2.88. The fourth-order valence-corrected chi connectivity index (χ4v) is 3.35. The first-order valence-corrected chi connectivity index (χ1v) is 9.74. The molecule has 0 saturated carbocycles. The van der Waals surface area contributed by atoms with E-state index in [-0.39, 0.29) is 5.56 Å². The number of halogens is 1. The van der Waals surface area contributed by atoms with Crippen LogP contribution in [0.4, 0.5) is 0 Å². The number of benzene rings is 1. The second-order valence-corrected chi connectivity index (χ2v) is 7.06. The van der Waals surface area contributed by atoms with Crippen LogP contribution in [0, 0.1) is 0 Å². The molecule has 0 bridgehead atoms. The summed E-state index contributed by atoms with van der Waals surface area (Å²) < 4.78 is 7.39. The Morgan fingerprint density at radius 2 is 1.88 bits per heavy atom. The van der Waals surface area contributed by atoms with E-state index < -0.39 is 0 Å². The molecule has 3 aromatic rings. The zero-order valence-corrected chi connectivity index (χ0v) is 15.6. The molecule has 0 aliphatic carbocycles. The third-order valence-corrected chi connectivity index (χ3v) is 5.24. The highest BCUT2D eigenvalue weighted by molar-refractivity contribution is 9.08. The number of aromatic nitrogens is 1. The summed E-state index contributed by atoms with van der Waals surface area (Å²) in [5.41, 5.74) is 2.45. The number of rotatable bonds is 7. The molecule has 2 heterocycles. The van der Waals surface area contributed by atoms with Crippen LogP contribution in [0.2, 0.25) is 0 Å². The predicted molar refractivity (Wildman–Crippen MR) is 102 cm³/mol. The molecule has 0 aliphatic heterocycles. The molecule has 3 rings (SSSR count). The number of hydrogen-bond acceptors (Lipinski definition) is 3. The molecule has 2 aromatic heterocycles. The fraction of sp³-hybridized carbons (Fsp3) is 0.211. The van der Waals surface area contributed by atoms with Crippen molar-refractivity contribution in [2.75, 3.05) is 0 Å². The average Bonchev–Trinajstić information content (AvgIpc) is 3.13. The van der Waals surface area contributed by atoms with Gasteiger partial charge in [-0.1, -0.05) is 46.3 Å². The van der Waals surface area contributed by atoms with E-state index in [1.165, 1.54) is 11.1 Å². The molecular formula is C19H18BrNO2S. The Morgan fingerprint density at radius 1 is 1.08 bits per heavy atom. The Balaban J connectivity index is 1.58. The van der Waals surface area contributed by atoms with Crippen molar-refractivity contribution in [2.24, 2.45) is 0 Å². The average molecular weight is 404 g/mol. The lowest BCUT2D eigenvalue weighted by Crippen LogP contribution is -2.19.